The molecular formula is C13H19BN2O2. The fraction of sp³-hybridized carbons (Fsp3) is 0.692. The summed E-state index contributed by atoms with van der Waals surface area (Å²) in [7, 11) is -1.02. The van der Waals surface area contributed by atoms with Gasteiger partial charge in [-0.15, -0.1) is 0 Å². The van der Waals surface area contributed by atoms with Crippen LogP contribution in [-0.2, 0) is 9.31 Å². The summed E-state index contributed by atoms with van der Waals surface area (Å²) in [6, 6.07) is 0. The minimum Gasteiger partial charge on any atom is -0.398 e. The molecule has 5 heteroatoms. The molecule has 0 amide bonds. The van der Waals surface area contributed by atoms with E-state index in [-0.39, 0.29) is 5.59 Å². The molecule has 2 heterocycles. The van der Waals surface area contributed by atoms with E-state index < -0.39 is 55.0 Å². The molecule has 1 saturated heterocycles. The predicted molar refractivity (Wildman–Crippen MR) is 69.7 cm³/mol. The SMILES string of the molecule is [2H]c1nc(C2([2H])C([2H])([2H])C2([2H])[2H])c([2H])nc1B1OC(C)(C)C(C)(C)O1. The van der Waals surface area contributed by atoms with Crippen molar-refractivity contribution in [2.45, 2.75) is 57.5 Å². The molecule has 1 aliphatic heterocycles. The number of aromatic nitrogens is 2. The fourth-order valence-corrected chi connectivity index (χ4v) is 1.60. The third-order valence-electron chi connectivity index (χ3n) is 3.53. The van der Waals surface area contributed by atoms with Crippen LogP contribution in [0.2, 0.25) is 0 Å². The van der Waals surface area contributed by atoms with E-state index in [1.165, 1.54) is 0 Å². The molecule has 0 spiro atoms. The van der Waals surface area contributed by atoms with E-state index in [9.17, 15) is 0 Å². The molecule has 0 bridgehead atoms. The summed E-state index contributed by atoms with van der Waals surface area (Å²) in [5.74, 6) is -2.37. The Bertz CT molecular complexity index is 726. The molecule has 1 saturated carbocycles. The molecule has 3 rings (SSSR count). The highest BCUT2D eigenvalue weighted by molar-refractivity contribution is 6.61. The Hall–Kier alpha value is -0.935. The van der Waals surface area contributed by atoms with Gasteiger partial charge in [0.15, 0.2) is 0 Å². The van der Waals surface area contributed by atoms with Gasteiger partial charge in [0.1, 0.15) is 0 Å². The van der Waals surface area contributed by atoms with Gasteiger partial charge in [0.05, 0.1) is 25.2 Å². The molecule has 0 unspecified atom stereocenters. The van der Waals surface area contributed by atoms with Gasteiger partial charge in [-0.2, -0.15) is 0 Å². The molecule has 1 aliphatic carbocycles. The van der Waals surface area contributed by atoms with Gasteiger partial charge in [-0.3, -0.25) is 9.97 Å². The van der Waals surface area contributed by atoms with Crippen LogP contribution in [0.15, 0.2) is 12.3 Å². The maximum atomic E-state index is 8.11. The second kappa shape index (κ2) is 3.78. The maximum Gasteiger partial charge on any atom is 0.516 e. The van der Waals surface area contributed by atoms with Gasteiger partial charge >= 0.3 is 7.12 Å². The Morgan fingerprint density at radius 1 is 1.28 bits per heavy atom. The lowest BCUT2D eigenvalue weighted by atomic mass is 9.85. The lowest BCUT2D eigenvalue weighted by molar-refractivity contribution is 0.00578. The summed E-state index contributed by atoms with van der Waals surface area (Å²) in [5, 5.41) is 0. The number of nitrogens with zero attached hydrogens (tertiary/aromatic N) is 2. The van der Waals surface area contributed by atoms with Crippen LogP contribution in [-0.4, -0.2) is 28.3 Å². The molecule has 1 aromatic rings. The average molecular weight is 253 g/mol. The Labute approximate surface area is 118 Å². The molecule has 2 aliphatic rings. The van der Waals surface area contributed by atoms with Gasteiger partial charge in [-0.1, -0.05) is 0 Å². The van der Waals surface area contributed by atoms with E-state index in [0.717, 1.165) is 0 Å². The minimum atomic E-state index is -2.51. The first-order valence-electron chi connectivity index (χ1n) is 9.31. The van der Waals surface area contributed by atoms with Crippen LogP contribution in [0.4, 0.5) is 0 Å². The third-order valence-corrected chi connectivity index (χ3v) is 3.53. The van der Waals surface area contributed by atoms with Crippen molar-refractivity contribution in [3.8, 4) is 0 Å². The second-order valence-electron chi connectivity index (χ2n) is 5.39. The van der Waals surface area contributed by atoms with Crippen molar-refractivity contribution in [1.29, 1.82) is 0 Å². The summed E-state index contributed by atoms with van der Waals surface area (Å²) in [5.41, 5.74) is -1.88. The molecule has 2 fully saturated rings. The van der Waals surface area contributed by atoms with E-state index in [1.807, 2.05) is 27.7 Å². The topological polar surface area (TPSA) is 44.2 Å². The van der Waals surface area contributed by atoms with Crippen molar-refractivity contribution in [3.05, 3.63) is 18.0 Å². The predicted octanol–water partition coefficient (Wildman–Crippen LogP) is 1.65. The normalized spacial score (nSPS) is 38.4. The number of rotatable bonds is 2. The van der Waals surface area contributed by atoms with E-state index in [2.05, 4.69) is 9.97 Å². The smallest absolute Gasteiger partial charge is 0.398 e. The van der Waals surface area contributed by atoms with Crippen LogP contribution in [0.3, 0.4) is 0 Å². The first kappa shape index (κ1) is 6.48. The summed E-state index contributed by atoms with van der Waals surface area (Å²) in [4.78, 5) is 7.76. The minimum absolute atomic E-state index is 0.0437. The molecule has 18 heavy (non-hydrogen) atoms. The average Bonchev–Trinajstić information content (AvgIpc) is 2.66. The second-order valence-corrected chi connectivity index (χ2v) is 5.39. The molecule has 0 N–H and O–H groups in total. The standard InChI is InChI=1S/C13H19BN2O2/c1-12(2)13(3,4)18-14(17-12)11-8-15-10(7-16-11)9-5-6-9/h7-9H,5-6H2,1-4H3/i5D2,6D2,7D,8D,9D. The van der Waals surface area contributed by atoms with Crippen LogP contribution >= 0.6 is 0 Å². The third kappa shape index (κ3) is 1.95. The fourth-order valence-electron chi connectivity index (χ4n) is 1.60. The largest absolute Gasteiger partial charge is 0.516 e. The van der Waals surface area contributed by atoms with Crippen molar-refractivity contribution >= 4 is 12.7 Å². The van der Waals surface area contributed by atoms with E-state index in [4.69, 9.17) is 18.9 Å². The first-order chi connectivity index (χ1) is 11.1. The van der Waals surface area contributed by atoms with Crippen molar-refractivity contribution in [1.82, 2.24) is 9.97 Å². The number of hydrogen-bond acceptors (Lipinski definition) is 4. The zero-order valence-corrected chi connectivity index (χ0v) is 10.8. The monoisotopic (exact) mass is 253 g/mol. The maximum absolute atomic E-state index is 8.11. The molecule has 1 aromatic heterocycles. The highest BCUT2D eigenvalue weighted by atomic mass is 16.7. The van der Waals surface area contributed by atoms with Crippen molar-refractivity contribution < 1.29 is 18.9 Å². The van der Waals surface area contributed by atoms with Gasteiger partial charge < -0.3 is 9.31 Å². The summed E-state index contributed by atoms with van der Waals surface area (Å²) in [6.45, 7) is 7.30. The molecule has 0 aromatic carbocycles. The number of hydrogen-bond donors (Lipinski definition) is 0. The molecule has 0 atom stereocenters. The molecule has 0 radical (unpaired) electrons. The molecule has 4 nitrogen and oxygen atoms in total. The Morgan fingerprint density at radius 3 is 2.44 bits per heavy atom. The molecular weight excluding hydrogens is 227 g/mol. The van der Waals surface area contributed by atoms with Gasteiger partial charge in [0, 0.05) is 25.1 Å². The molecule has 96 valence electrons. The van der Waals surface area contributed by atoms with E-state index >= 15 is 0 Å². The van der Waals surface area contributed by atoms with Crippen LogP contribution in [0.5, 0.6) is 0 Å². The first-order valence-corrected chi connectivity index (χ1v) is 5.81. The van der Waals surface area contributed by atoms with Gasteiger partial charge in [-0.25, -0.2) is 0 Å². The quantitative estimate of drug-likeness (QED) is 0.752. The van der Waals surface area contributed by atoms with Crippen LogP contribution in [0.1, 0.15) is 61.6 Å². The van der Waals surface area contributed by atoms with E-state index in [0.29, 0.717) is 0 Å². The van der Waals surface area contributed by atoms with Gasteiger partial charge in [0.2, 0.25) is 0 Å². The zero-order chi connectivity index (χ0) is 19.2. The van der Waals surface area contributed by atoms with Crippen molar-refractivity contribution in [2.24, 2.45) is 0 Å². The van der Waals surface area contributed by atoms with Crippen LogP contribution in [0.25, 0.3) is 0 Å². The van der Waals surface area contributed by atoms with Gasteiger partial charge in [0.25, 0.3) is 0 Å². The Balaban J connectivity index is 2.02. The summed E-state index contributed by atoms with van der Waals surface area (Å²) in [6.07, 6.45) is -6.00. The van der Waals surface area contributed by atoms with E-state index in [1.54, 1.807) is 0 Å². The Kier molecular flexibility index (Phi) is 1.36. The highest BCUT2D eigenvalue weighted by Crippen LogP contribution is 2.38. The van der Waals surface area contributed by atoms with Gasteiger partial charge in [-0.05, 0) is 40.4 Å². The zero-order valence-electron chi connectivity index (χ0n) is 17.8. The van der Waals surface area contributed by atoms with Crippen molar-refractivity contribution in [2.75, 3.05) is 0 Å². The lowest BCUT2D eigenvalue weighted by Crippen LogP contribution is -2.41. The summed E-state index contributed by atoms with van der Waals surface area (Å²) >= 11 is 0. The highest BCUT2D eigenvalue weighted by Gasteiger charge is 2.52. The van der Waals surface area contributed by atoms with Crippen LogP contribution in [0, 0.1) is 0 Å². The summed E-state index contributed by atoms with van der Waals surface area (Å²) < 4.78 is 66.4. The Morgan fingerprint density at radius 2 is 1.89 bits per heavy atom. The lowest BCUT2D eigenvalue weighted by Gasteiger charge is -2.32. The van der Waals surface area contributed by atoms with Crippen LogP contribution < -0.4 is 5.59 Å². The van der Waals surface area contributed by atoms with Crippen molar-refractivity contribution in [3.63, 3.8) is 0 Å².